The van der Waals surface area contributed by atoms with E-state index in [9.17, 15) is 0 Å². The fourth-order valence-corrected chi connectivity index (χ4v) is 1.82. The monoisotopic (exact) mass is 186 g/mol. The summed E-state index contributed by atoms with van der Waals surface area (Å²) in [6.07, 6.45) is 3.88. The minimum Gasteiger partial charge on any atom is -0.376 e. The number of rotatable bonds is 5. The normalized spacial score (nSPS) is 24.9. The first kappa shape index (κ1) is 11.0. The lowest BCUT2D eigenvalue weighted by molar-refractivity contribution is -0.0323. The van der Waals surface area contributed by atoms with Crippen molar-refractivity contribution in [1.29, 1.82) is 0 Å². The lowest BCUT2D eigenvalue weighted by atomic mass is 10.1. The summed E-state index contributed by atoms with van der Waals surface area (Å²) in [5, 5.41) is 0. The Morgan fingerprint density at radius 3 is 3.08 bits per heavy atom. The summed E-state index contributed by atoms with van der Waals surface area (Å²) in [6.45, 7) is 7.33. The Kier molecular flexibility index (Phi) is 5.35. The van der Waals surface area contributed by atoms with Crippen molar-refractivity contribution in [2.24, 2.45) is 5.73 Å². The van der Waals surface area contributed by atoms with Crippen LogP contribution in [0.5, 0.6) is 0 Å². The number of ether oxygens (including phenoxy) is 1. The molecule has 0 spiro atoms. The summed E-state index contributed by atoms with van der Waals surface area (Å²) in [6, 6.07) is 0. The Bertz CT molecular complexity index is 128. The van der Waals surface area contributed by atoms with Gasteiger partial charge in [0.25, 0.3) is 0 Å². The highest BCUT2D eigenvalue weighted by Gasteiger charge is 2.18. The SMILES string of the molecule is CCCN1CCOC(CCCN)C1. The van der Waals surface area contributed by atoms with Crippen molar-refractivity contribution in [2.75, 3.05) is 32.8 Å². The van der Waals surface area contributed by atoms with Crippen molar-refractivity contribution in [3.05, 3.63) is 0 Å². The van der Waals surface area contributed by atoms with Gasteiger partial charge < -0.3 is 10.5 Å². The highest BCUT2D eigenvalue weighted by Crippen LogP contribution is 2.10. The molecule has 0 bridgehead atoms. The average molecular weight is 186 g/mol. The number of nitrogens with zero attached hydrogens (tertiary/aromatic N) is 1. The molecule has 13 heavy (non-hydrogen) atoms. The maximum Gasteiger partial charge on any atom is 0.0703 e. The zero-order chi connectivity index (χ0) is 9.52. The summed E-state index contributed by atoms with van der Waals surface area (Å²) in [4.78, 5) is 2.49. The molecule has 0 saturated carbocycles. The van der Waals surface area contributed by atoms with Crippen LogP contribution < -0.4 is 5.73 Å². The molecule has 0 aromatic carbocycles. The molecule has 3 heteroatoms. The Labute approximate surface area is 81.2 Å². The maximum atomic E-state index is 5.66. The van der Waals surface area contributed by atoms with Crippen molar-refractivity contribution < 1.29 is 4.74 Å². The van der Waals surface area contributed by atoms with Gasteiger partial charge in [-0.05, 0) is 32.4 Å². The van der Waals surface area contributed by atoms with Gasteiger partial charge in [0.2, 0.25) is 0 Å². The van der Waals surface area contributed by atoms with Gasteiger partial charge in [-0.15, -0.1) is 0 Å². The second-order valence-corrected chi connectivity index (χ2v) is 3.72. The van der Waals surface area contributed by atoms with Gasteiger partial charge in [0, 0.05) is 13.1 Å². The molecule has 1 atom stereocenters. The molecule has 0 aromatic rings. The van der Waals surface area contributed by atoms with Crippen molar-refractivity contribution in [3.63, 3.8) is 0 Å². The van der Waals surface area contributed by atoms with Crippen LogP contribution in [0.15, 0.2) is 0 Å². The summed E-state index contributed by atoms with van der Waals surface area (Å²) in [7, 11) is 0. The minimum atomic E-state index is 0.434. The van der Waals surface area contributed by atoms with Crippen LogP contribution in [0, 0.1) is 0 Å². The molecule has 2 N–H and O–H groups in total. The van der Waals surface area contributed by atoms with Gasteiger partial charge >= 0.3 is 0 Å². The molecule has 0 aromatic heterocycles. The molecule has 0 radical (unpaired) electrons. The molecule has 1 rings (SSSR count). The van der Waals surface area contributed by atoms with E-state index in [1.807, 2.05) is 0 Å². The average Bonchev–Trinajstić information content (AvgIpc) is 2.16. The Balaban J connectivity index is 2.16. The van der Waals surface area contributed by atoms with Crippen LogP contribution in [0.25, 0.3) is 0 Å². The second-order valence-electron chi connectivity index (χ2n) is 3.72. The summed E-state index contributed by atoms with van der Waals surface area (Å²) in [5.74, 6) is 0. The van der Waals surface area contributed by atoms with Crippen LogP contribution in [-0.2, 0) is 4.74 Å². The zero-order valence-electron chi connectivity index (χ0n) is 8.67. The Hall–Kier alpha value is -0.120. The molecule has 0 amide bonds. The molecule has 1 saturated heterocycles. The molecule has 1 aliphatic heterocycles. The summed E-state index contributed by atoms with van der Waals surface area (Å²) in [5.41, 5.74) is 5.47. The number of hydrogen-bond donors (Lipinski definition) is 1. The number of morpholine rings is 1. The van der Waals surface area contributed by atoms with Crippen molar-refractivity contribution >= 4 is 0 Å². The van der Waals surface area contributed by atoms with Gasteiger partial charge in [-0.3, -0.25) is 4.90 Å². The van der Waals surface area contributed by atoms with E-state index in [2.05, 4.69) is 11.8 Å². The van der Waals surface area contributed by atoms with E-state index < -0.39 is 0 Å². The van der Waals surface area contributed by atoms with E-state index in [4.69, 9.17) is 10.5 Å². The smallest absolute Gasteiger partial charge is 0.0703 e. The van der Waals surface area contributed by atoms with E-state index in [-0.39, 0.29) is 0 Å². The lowest BCUT2D eigenvalue weighted by Gasteiger charge is -2.32. The van der Waals surface area contributed by atoms with E-state index in [0.717, 1.165) is 39.1 Å². The van der Waals surface area contributed by atoms with Crippen molar-refractivity contribution in [3.8, 4) is 0 Å². The van der Waals surface area contributed by atoms with Crippen LogP contribution >= 0.6 is 0 Å². The number of nitrogens with two attached hydrogens (primary N) is 1. The van der Waals surface area contributed by atoms with Gasteiger partial charge in [0.1, 0.15) is 0 Å². The quantitative estimate of drug-likeness (QED) is 0.691. The third kappa shape index (κ3) is 4.07. The lowest BCUT2D eigenvalue weighted by Crippen LogP contribution is -2.42. The third-order valence-electron chi connectivity index (χ3n) is 2.49. The van der Waals surface area contributed by atoms with Crippen LogP contribution in [0.4, 0.5) is 0 Å². The van der Waals surface area contributed by atoms with E-state index in [1.165, 1.54) is 13.0 Å². The maximum absolute atomic E-state index is 5.66. The molecule has 1 aliphatic rings. The molecule has 3 nitrogen and oxygen atoms in total. The van der Waals surface area contributed by atoms with Crippen LogP contribution in [-0.4, -0.2) is 43.8 Å². The molecule has 0 aliphatic carbocycles. The summed E-state index contributed by atoms with van der Waals surface area (Å²) < 4.78 is 5.66. The minimum absolute atomic E-state index is 0.434. The van der Waals surface area contributed by atoms with Crippen molar-refractivity contribution in [2.45, 2.75) is 32.3 Å². The molecule has 1 fully saturated rings. The fourth-order valence-electron chi connectivity index (χ4n) is 1.82. The zero-order valence-corrected chi connectivity index (χ0v) is 8.67. The predicted octanol–water partition coefficient (Wildman–Crippen LogP) is 0.836. The molecule has 78 valence electrons. The summed E-state index contributed by atoms with van der Waals surface area (Å²) >= 11 is 0. The van der Waals surface area contributed by atoms with Crippen LogP contribution in [0.1, 0.15) is 26.2 Å². The van der Waals surface area contributed by atoms with Crippen LogP contribution in [0.3, 0.4) is 0 Å². The van der Waals surface area contributed by atoms with Crippen LogP contribution in [0.2, 0.25) is 0 Å². The predicted molar refractivity (Wildman–Crippen MR) is 54.8 cm³/mol. The van der Waals surface area contributed by atoms with Gasteiger partial charge in [0.15, 0.2) is 0 Å². The van der Waals surface area contributed by atoms with E-state index in [1.54, 1.807) is 0 Å². The third-order valence-corrected chi connectivity index (χ3v) is 2.49. The topological polar surface area (TPSA) is 38.5 Å². The van der Waals surface area contributed by atoms with E-state index >= 15 is 0 Å². The first-order valence-corrected chi connectivity index (χ1v) is 5.40. The van der Waals surface area contributed by atoms with E-state index in [0.29, 0.717) is 6.10 Å². The first-order chi connectivity index (χ1) is 6.36. The second kappa shape index (κ2) is 6.35. The van der Waals surface area contributed by atoms with Gasteiger partial charge in [-0.2, -0.15) is 0 Å². The largest absolute Gasteiger partial charge is 0.376 e. The fraction of sp³-hybridized carbons (Fsp3) is 1.00. The Morgan fingerprint density at radius 1 is 1.54 bits per heavy atom. The standard InChI is InChI=1S/C10H22N2O/c1-2-6-12-7-8-13-10(9-12)4-3-5-11/h10H,2-9,11H2,1H3. The molecule has 1 unspecified atom stereocenters. The Morgan fingerprint density at radius 2 is 2.38 bits per heavy atom. The van der Waals surface area contributed by atoms with Gasteiger partial charge in [-0.25, -0.2) is 0 Å². The van der Waals surface area contributed by atoms with Gasteiger partial charge in [0.05, 0.1) is 12.7 Å². The van der Waals surface area contributed by atoms with Gasteiger partial charge in [-0.1, -0.05) is 6.92 Å². The molecular weight excluding hydrogens is 164 g/mol. The van der Waals surface area contributed by atoms with Crippen molar-refractivity contribution in [1.82, 2.24) is 4.90 Å². The molecule has 1 heterocycles. The highest BCUT2D eigenvalue weighted by atomic mass is 16.5. The number of hydrogen-bond acceptors (Lipinski definition) is 3. The first-order valence-electron chi connectivity index (χ1n) is 5.40. The highest BCUT2D eigenvalue weighted by molar-refractivity contribution is 4.71. The molecular formula is C10H22N2O.